The number of carboxylic acids is 1. The van der Waals surface area contributed by atoms with Crippen molar-refractivity contribution in [1.82, 2.24) is 16.0 Å². The van der Waals surface area contributed by atoms with Gasteiger partial charge in [-0.2, -0.15) is 0 Å². The maximum atomic E-state index is 12.2. The third-order valence-electron chi connectivity index (χ3n) is 4.26. The van der Waals surface area contributed by atoms with E-state index in [-0.39, 0.29) is 0 Å². The number of nitrogens with one attached hydrogen (secondary N) is 3. The quantitative estimate of drug-likeness (QED) is 0.142. The summed E-state index contributed by atoms with van der Waals surface area (Å²) in [6.07, 6.45) is -5.69. The third-order valence-corrected chi connectivity index (χ3v) is 4.26. The minimum Gasteiger partial charge on any atom is -0.480 e. The number of carbonyl (C=O) groups is 4. The summed E-state index contributed by atoms with van der Waals surface area (Å²) in [7, 11) is 0. The molecular formula is C16H28N4O11. The lowest BCUT2D eigenvalue weighted by Crippen LogP contribution is -2.65. The minimum absolute atomic E-state index is 0.539. The molecule has 0 aromatic heterocycles. The average molecular weight is 452 g/mol. The van der Waals surface area contributed by atoms with Crippen LogP contribution in [0.1, 0.15) is 6.92 Å². The van der Waals surface area contributed by atoms with E-state index in [9.17, 15) is 39.6 Å². The molecule has 1 aliphatic heterocycles. The first-order chi connectivity index (χ1) is 14.5. The third kappa shape index (κ3) is 7.98. The summed E-state index contributed by atoms with van der Waals surface area (Å²) in [5.41, 5.74) is 5.69. The van der Waals surface area contributed by atoms with Crippen molar-refractivity contribution in [1.29, 1.82) is 0 Å². The molecule has 3 amide bonds. The normalized spacial score (nSPS) is 27.6. The van der Waals surface area contributed by atoms with Gasteiger partial charge in [-0.25, -0.2) is 0 Å². The number of aliphatic hydroxyl groups is 4. The van der Waals surface area contributed by atoms with Gasteiger partial charge >= 0.3 is 5.97 Å². The maximum absolute atomic E-state index is 12.2. The zero-order chi connectivity index (χ0) is 23.7. The van der Waals surface area contributed by atoms with Crippen LogP contribution in [0.4, 0.5) is 0 Å². The monoisotopic (exact) mass is 452 g/mol. The van der Waals surface area contributed by atoms with Gasteiger partial charge < -0.3 is 56.7 Å². The van der Waals surface area contributed by atoms with Gasteiger partial charge in [-0.05, 0) is 0 Å². The number of amides is 3. The lowest BCUT2D eigenvalue weighted by Gasteiger charge is -2.42. The Morgan fingerprint density at radius 3 is 2.29 bits per heavy atom. The number of aliphatic carboxylic acids is 1. The molecule has 1 aliphatic rings. The number of nitrogens with two attached hydrogens (primary N) is 1. The van der Waals surface area contributed by atoms with Gasteiger partial charge in [-0.3, -0.25) is 19.2 Å². The van der Waals surface area contributed by atoms with E-state index in [4.69, 9.17) is 20.3 Å². The van der Waals surface area contributed by atoms with Gasteiger partial charge in [0.1, 0.15) is 43.0 Å². The van der Waals surface area contributed by atoms with Gasteiger partial charge in [-0.1, -0.05) is 0 Å². The molecule has 1 heterocycles. The van der Waals surface area contributed by atoms with Crippen molar-refractivity contribution < 1.29 is 54.2 Å². The molecular weight excluding hydrogens is 424 g/mol. The van der Waals surface area contributed by atoms with Gasteiger partial charge in [0, 0.05) is 6.92 Å². The molecule has 15 nitrogen and oxygen atoms in total. The van der Waals surface area contributed by atoms with E-state index in [1.54, 1.807) is 0 Å². The first-order valence-electron chi connectivity index (χ1n) is 9.19. The van der Waals surface area contributed by atoms with Crippen LogP contribution in [0.3, 0.4) is 0 Å². The summed E-state index contributed by atoms with van der Waals surface area (Å²) in [6.45, 7) is -1.60. The van der Waals surface area contributed by atoms with Crippen LogP contribution in [0.2, 0.25) is 0 Å². The second kappa shape index (κ2) is 12.5. The maximum Gasteiger partial charge on any atom is 0.322 e. The van der Waals surface area contributed by atoms with E-state index in [2.05, 4.69) is 10.6 Å². The summed E-state index contributed by atoms with van der Waals surface area (Å²) in [4.78, 5) is 45.8. The Kier molecular flexibility index (Phi) is 10.7. The predicted octanol–water partition coefficient (Wildman–Crippen LogP) is -6.05. The molecule has 7 unspecified atom stereocenters. The number of rotatable bonds is 11. The van der Waals surface area contributed by atoms with E-state index in [1.807, 2.05) is 5.32 Å². The average Bonchev–Trinajstić information content (AvgIpc) is 2.72. The van der Waals surface area contributed by atoms with Crippen molar-refractivity contribution in [2.24, 2.45) is 5.73 Å². The number of carbonyl (C=O) groups excluding carboxylic acids is 3. The first-order valence-corrected chi connectivity index (χ1v) is 9.19. The van der Waals surface area contributed by atoms with Crippen LogP contribution >= 0.6 is 0 Å². The summed E-state index contributed by atoms with van der Waals surface area (Å²) in [5, 5.41) is 53.6. The summed E-state index contributed by atoms with van der Waals surface area (Å²) >= 11 is 0. The first kappa shape index (κ1) is 26.6. The number of ether oxygens (including phenoxy) is 2. The van der Waals surface area contributed by atoms with Gasteiger partial charge in [0.05, 0.1) is 19.8 Å². The smallest absolute Gasteiger partial charge is 0.322 e. The molecule has 15 heteroatoms. The highest BCUT2D eigenvalue weighted by Crippen LogP contribution is 2.22. The molecule has 178 valence electrons. The van der Waals surface area contributed by atoms with Crippen molar-refractivity contribution in [3.05, 3.63) is 0 Å². The lowest BCUT2D eigenvalue weighted by molar-refractivity contribution is -0.270. The number of hydrogen-bond acceptors (Lipinski definition) is 11. The molecule has 7 atom stereocenters. The molecule has 0 saturated carbocycles. The van der Waals surface area contributed by atoms with E-state index in [0.717, 1.165) is 6.92 Å². The zero-order valence-electron chi connectivity index (χ0n) is 16.6. The highest BCUT2D eigenvalue weighted by molar-refractivity contribution is 5.91. The molecule has 1 saturated heterocycles. The second-order valence-corrected chi connectivity index (χ2v) is 6.73. The largest absolute Gasteiger partial charge is 0.480 e. The molecule has 1 fully saturated rings. The Bertz CT molecular complexity index is 649. The Morgan fingerprint density at radius 1 is 1.13 bits per heavy atom. The fourth-order valence-corrected chi connectivity index (χ4v) is 2.65. The highest BCUT2D eigenvalue weighted by atomic mass is 16.7. The van der Waals surface area contributed by atoms with Crippen LogP contribution in [0, 0.1) is 0 Å². The van der Waals surface area contributed by atoms with Crippen molar-refractivity contribution in [3.63, 3.8) is 0 Å². The number of hydrogen-bond donors (Lipinski definition) is 9. The lowest BCUT2D eigenvalue weighted by atomic mass is 9.97. The summed E-state index contributed by atoms with van der Waals surface area (Å²) < 4.78 is 10.7. The zero-order valence-corrected chi connectivity index (χ0v) is 16.6. The van der Waals surface area contributed by atoms with Crippen LogP contribution < -0.4 is 21.7 Å². The Balaban J connectivity index is 2.70. The Morgan fingerprint density at radius 2 is 1.77 bits per heavy atom. The van der Waals surface area contributed by atoms with Crippen molar-refractivity contribution >= 4 is 23.7 Å². The number of aliphatic hydroxyl groups excluding tert-OH is 4. The standard InChI is InChI=1S/C16H28N4O11/c1-6(23)19-11-13(27)12(26)9(4-22)31-16(11)30-5-7(17)14(28)20-8(3-21)15(29)18-2-10(24)25/h7-9,11-13,16,21-22,26-27H,2-5,17H2,1H3,(H,18,29)(H,19,23)(H,20,28)(H,24,25). The SMILES string of the molecule is CC(=O)NC1C(OCC(N)C(=O)NC(CO)C(=O)NCC(=O)O)OC(CO)C(O)C1O. The van der Waals surface area contributed by atoms with Gasteiger partial charge in [0.25, 0.3) is 0 Å². The summed E-state index contributed by atoms with van der Waals surface area (Å²) in [6, 6.07) is -4.11. The number of carboxylic acid groups (broad SMARTS) is 1. The van der Waals surface area contributed by atoms with Crippen molar-refractivity contribution in [3.8, 4) is 0 Å². The van der Waals surface area contributed by atoms with Gasteiger partial charge in [-0.15, -0.1) is 0 Å². The molecule has 0 aromatic rings. The Labute approximate surface area is 176 Å². The van der Waals surface area contributed by atoms with E-state index in [0.29, 0.717) is 0 Å². The van der Waals surface area contributed by atoms with Crippen LogP contribution in [-0.4, -0.2) is 118 Å². The molecule has 0 aromatic carbocycles. The van der Waals surface area contributed by atoms with Crippen LogP contribution in [-0.2, 0) is 28.7 Å². The predicted molar refractivity (Wildman–Crippen MR) is 99.0 cm³/mol. The molecule has 0 aliphatic carbocycles. The van der Waals surface area contributed by atoms with Crippen LogP contribution in [0.25, 0.3) is 0 Å². The molecule has 0 spiro atoms. The molecule has 1 rings (SSSR count). The summed E-state index contributed by atoms with van der Waals surface area (Å²) in [5.74, 6) is -3.78. The van der Waals surface area contributed by atoms with Crippen LogP contribution in [0.15, 0.2) is 0 Å². The van der Waals surface area contributed by atoms with Crippen LogP contribution in [0.5, 0.6) is 0 Å². The molecule has 0 radical (unpaired) electrons. The van der Waals surface area contributed by atoms with Crippen molar-refractivity contribution in [2.75, 3.05) is 26.4 Å². The fourth-order valence-electron chi connectivity index (χ4n) is 2.65. The Hall–Kier alpha value is -2.40. The van der Waals surface area contributed by atoms with Gasteiger partial charge in [0.2, 0.25) is 17.7 Å². The van der Waals surface area contributed by atoms with E-state index in [1.165, 1.54) is 0 Å². The fraction of sp³-hybridized carbons (Fsp3) is 0.750. The van der Waals surface area contributed by atoms with Gasteiger partial charge in [0.15, 0.2) is 6.29 Å². The van der Waals surface area contributed by atoms with Crippen molar-refractivity contribution in [2.45, 2.75) is 49.7 Å². The second-order valence-electron chi connectivity index (χ2n) is 6.73. The minimum atomic E-state index is -1.55. The highest BCUT2D eigenvalue weighted by Gasteiger charge is 2.45. The molecule has 0 bridgehead atoms. The van der Waals surface area contributed by atoms with E-state index < -0.39 is 92.8 Å². The molecule has 10 N–H and O–H groups in total. The topological polar surface area (TPSA) is 250 Å². The van der Waals surface area contributed by atoms with E-state index >= 15 is 0 Å². The molecule has 31 heavy (non-hydrogen) atoms.